The first-order valence-electron chi connectivity index (χ1n) is 3.82. The number of nitrogens with zero attached hydrogens (tertiary/aromatic N) is 2. The maximum Gasteiger partial charge on any atom is 0.511 e. The third kappa shape index (κ3) is 2.70. The first-order valence-corrected chi connectivity index (χ1v) is 3.82. The van der Waals surface area contributed by atoms with Crippen LogP contribution >= 0.6 is 0 Å². The normalized spacial score (nSPS) is 10.1. The van der Waals surface area contributed by atoms with E-state index in [1.807, 2.05) is 13.8 Å². The Morgan fingerprint density at radius 3 is 2.38 bits per heavy atom. The molecule has 70 valence electrons. The summed E-state index contributed by atoms with van der Waals surface area (Å²) in [5.41, 5.74) is 0. The van der Waals surface area contributed by atoms with Crippen molar-refractivity contribution in [3.63, 3.8) is 0 Å². The summed E-state index contributed by atoms with van der Waals surface area (Å²) in [6, 6.07) is 0. The van der Waals surface area contributed by atoms with Crippen molar-refractivity contribution in [3.8, 4) is 5.75 Å². The average molecular weight is 182 g/mol. The van der Waals surface area contributed by atoms with Gasteiger partial charge in [-0.2, -0.15) is 0 Å². The number of hydrogen-bond acceptors (Lipinski definition) is 4. The van der Waals surface area contributed by atoms with Gasteiger partial charge in [0.25, 0.3) is 0 Å². The predicted octanol–water partition coefficient (Wildman–Crippen LogP) is 1.66. The highest BCUT2D eigenvalue weighted by atomic mass is 16.7. The second-order valence-electron chi connectivity index (χ2n) is 2.80. The molecule has 5 heteroatoms. The van der Waals surface area contributed by atoms with Gasteiger partial charge in [-0.3, -0.25) is 0 Å². The van der Waals surface area contributed by atoms with Crippen LogP contribution in [0.1, 0.15) is 25.6 Å². The zero-order valence-electron chi connectivity index (χ0n) is 7.39. The molecule has 0 unspecified atom stereocenters. The maximum atomic E-state index is 10.1. The van der Waals surface area contributed by atoms with E-state index in [0.29, 0.717) is 5.82 Å². The van der Waals surface area contributed by atoms with E-state index in [1.165, 1.54) is 12.4 Å². The van der Waals surface area contributed by atoms with Crippen LogP contribution in [-0.2, 0) is 0 Å². The zero-order valence-corrected chi connectivity index (χ0v) is 7.39. The van der Waals surface area contributed by atoms with E-state index < -0.39 is 6.16 Å². The van der Waals surface area contributed by atoms with Crippen LogP contribution in [0.3, 0.4) is 0 Å². The largest absolute Gasteiger partial charge is 0.511 e. The van der Waals surface area contributed by atoms with Gasteiger partial charge >= 0.3 is 6.16 Å². The Labute approximate surface area is 75.4 Å². The number of carbonyl (C=O) groups is 1. The molecule has 0 radical (unpaired) electrons. The predicted molar refractivity (Wildman–Crippen MR) is 44.8 cm³/mol. The highest BCUT2D eigenvalue weighted by Crippen LogP contribution is 2.11. The molecule has 0 bridgehead atoms. The van der Waals surface area contributed by atoms with E-state index in [4.69, 9.17) is 5.11 Å². The third-order valence-corrected chi connectivity index (χ3v) is 1.37. The van der Waals surface area contributed by atoms with Gasteiger partial charge in [0.05, 0.1) is 12.4 Å². The lowest BCUT2D eigenvalue weighted by Crippen LogP contribution is -2.05. The Morgan fingerprint density at radius 2 is 2.00 bits per heavy atom. The van der Waals surface area contributed by atoms with Gasteiger partial charge in [-0.25, -0.2) is 14.8 Å². The first kappa shape index (κ1) is 9.44. The van der Waals surface area contributed by atoms with E-state index in [1.54, 1.807) is 0 Å². The number of hydrogen-bond donors (Lipinski definition) is 1. The fourth-order valence-electron chi connectivity index (χ4n) is 0.778. The lowest BCUT2D eigenvalue weighted by atomic mass is 10.2. The molecule has 13 heavy (non-hydrogen) atoms. The minimum Gasteiger partial charge on any atom is -0.449 e. The lowest BCUT2D eigenvalue weighted by molar-refractivity contribution is 0.144. The standard InChI is InChI=1S/C8H10N2O3/c1-5(2)7-9-3-6(4-10-7)13-8(11)12/h3-5H,1-2H3,(H,11,12). The fraction of sp³-hybridized carbons (Fsp3) is 0.375. The smallest absolute Gasteiger partial charge is 0.449 e. The molecular formula is C8H10N2O3. The van der Waals surface area contributed by atoms with Crippen molar-refractivity contribution in [2.45, 2.75) is 19.8 Å². The van der Waals surface area contributed by atoms with Crippen molar-refractivity contribution in [2.75, 3.05) is 0 Å². The zero-order chi connectivity index (χ0) is 9.84. The highest BCUT2D eigenvalue weighted by Gasteiger charge is 2.04. The average Bonchev–Trinajstić information content (AvgIpc) is 2.04. The molecule has 0 aromatic carbocycles. The van der Waals surface area contributed by atoms with Gasteiger partial charge in [-0.15, -0.1) is 0 Å². The summed E-state index contributed by atoms with van der Waals surface area (Å²) in [5, 5.41) is 8.27. The van der Waals surface area contributed by atoms with Gasteiger partial charge in [-0.1, -0.05) is 13.8 Å². The Balaban J connectivity index is 2.75. The molecule has 0 amide bonds. The molecule has 1 heterocycles. The molecule has 5 nitrogen and oxygen atoms in total. The quantitative estimate of drug-likeness (QED) is 0.704. The van der Waals surface area contributed by atoms with Crippen LogP contribution in [0.2, 0.25) is 0 Å². The SMILES string of the molecule is CC(C)c1ncc(OC(=O)O)cn1. The molecule has 1 aromatic rings. The van der Waals surface area contributed by atoms with Gasteiger partial charge < -0.3 is 9.84 Å². The van der Waals surface area contributed by atoms with Crippen molar-refractivity contribution >= 4 is 6.16 Å². The van der Waals surface area contributed by atoms with Crippen LogP contribution in [-0.4, -0.2) is 21.2 Å². The number of ether oxygens (including phenoxy) is 1. The van der Waals surface area contributed by atoms with Gasteiger partial charge in [0.15, 0.2) is 5.75 Å². The van der Waals surface area contributed by atoms with Gasteiger partial charge in [-0.05, 0) is 0 Å². The summed E-state index contributed by atoms with van der Waals surface area (Å²) in [5.74, 6) is 1.02. The first-order chi connectivity index (χ1) is 6.09. The van der Waals surface area contributed by atoms with Gasteiger partial charge in [0, 0.05) is 5.92 Å². The van der Waals surface area contributed by atoms with Gasteiger partial charge in [0.1, 0.15) is 5.82 Å². The van der Waals surface area contributed by atoms with E-state index in [-0.39, 0.29) is 11.7 Å². The second kappa shape index (κ2) is 3.84. The highest BCUT2D eigenvalue weighted by molar-refractivity contribution is 5.60. The molecular weight excluding hydrogens is 172 g/mol. The van der Waals surface area contributed by atoms with E-state index in [0.717, 1.165) is 0 Å². The molecule has 1 aromatic heterocycles. The van der Waals surface area contributed by atoms with Crippen LogP contribution in [0, 0.1) is 0 Å². The molecule has 0 fully saturated rings. The summed E-state index contributed by atoms with van der Waals surface area (Å²) in [6.07, 6.45) is 1.33. The molecule has 0 aliphatic heterocycles. The molecule has 0 saturated heterocycles. The van der Waals surface area contributed by atoms with Crippen LogP contribution in [0.4, 0.5) is 4.79 Å². The Morgan fingerprint density at radius 1 is 1.46 bits per heavy atom. The van der Waals surface area contributed by atoms with Gasteiger partial charge in [0.2, 0.25) is 0 Å². The Bertz CT molecular complexity index is 295. The Hall–Kier alpha value is -1.65. The van der Waals surface area contributed by atoms with E-state index in [9.17, 15) is 4.79 Å². The molecule has 1 rings (SSSR count). The number of rotatable bonds is 2. The summed E-state index contributed by atoms with van der Waals surface area (Å²) in [7, 11) is 0. The van der Waals surface area contributed by atoms with E-state index >= 15 is 0 Å². The summed E-state index contributed by atoms with van der Waals surface area (Å²) in [4.78, 5) is 18.0. The van der Waals surface area contributed by atoms with Crippen LogP contribution in [0.15, 0.2) is 12.4 Å². The summed E-state index contributed by atoms with van der Waals surface area (Å²) >= 11 is 0. The molecule has 0 aliphatic rings. The van der Waals surface area contributed by atoms with Crippen molar-refractivity contribution in [2.24, 2.45) is 0 Å². The van der Waals surface area contributed by atoms with Crippen LogP contribution < -0.4 is 4.74 Å². The maximum absolute atomic E-state index is 10.1. The topological polar surface area (TPSA) is 72.3 Å². The lowest BCUT2D eigenvalue weighted by Gasteiger charge is -2.03. The minimum atomic E-state index is -1.36. The third-order valence-electron chi connectivity index (χ3n) is 1.37. The fourth-order valence-corrected chi connectivity index (χ4v) is 0.778. The Kier molecular flexibility index (Phi) is 2.79. The van der Waals surface area contributed by atoms with Crippen molar-refractivity contribution in [3.05, 3.63) is 18.2 Å². The minimum absolute atomic E-state index is 0.136. The van der Waals surface area contributed by atoms with Crippen LogP contribution in [0.25, 0.3) is 0 Å². The van der Waals surface area contributed by atoms with Crippen molar-refractivity contribution in [1.82, 2.24) is 9.97 Å². The summed E-state index contributed by atoms with van der Waals surface area (Å²) in [6.45, 7) is 3.90. The van der Waals surface area contributed by atoms with E-state index in [2.05, 4.69) is 14.7 Å². The summed E-state index contributed by atoms with van der Waals surface area (Å²) < 4.78 is 4.34. The second-order valence-corrected chi connectivity index (χ2v) is 2.80. The molecule has 0 aliphatic carbocycles. The number of aromatic nitrogens is 2. The van der Waals surface area contributed by atoms with Crippen molar-refractivity contribution < 1.29 is 14.6 Å². The molecule has 0 saturated carbocycles. The monoisotopic (exact) mass is 182 g/mol. The van der Waals surface area contributed by atoms with Crippen LogP contribution in [0.5, 0.6) is 5.75 Å². The van der Waals surface area contributed by atoms with Crippen molar-refractivity contribution in [1.29, 1.82) is 0 Å². The molecule has 0 atom stereocenters. The number of carboxylic acid groups (broad SMARTS) is 1. The molecule has 0 spiro atoms. The molecule has 1 N–H and O–H groups in total.